The summed E-state index contributed by atoms with van der Waals surface area (Å²) in [7, 11) is 0. The highest BCUT2D eigenvalue weighted by atomic mass is 19.4. The molecule has 0 spiro atoms. The molecule has 1 atom stereocenters. The van der Waals surface area contributed by atoms with Crippen molar-refractivity contribution in [1.82, 2.24) is 10.3 Å². The van der Waals surface area contributed by atoms with Crippen LogP contribution in [-0.2, 0) is 12.6 Å². The third-order valence-electron chi connectivity index (χ3n) is 2.78. The fourth-order valence-electron chi connectivity index (χ4n) is 1.75. The van der Waals surface area contributed by atoms with Gasteiger partial charge in [-0.2, -0.15) is 13.2 Å². The van der Waals surface area contributed by atoms with Crippen LogP contribution >= 0.6 is 0 Å². The van der Waals surface area contributed by atoms with Gasteiger partial charge in [-0.1, -0.05) is 13.8 Å². The Morgan fingerprint density at radius 1 is 1.28 bits per heavy atom. The summed E-state index contributed by atoms with van der Waals surface area (Å²) in [5, 5.41) is 3.21. The Kier molecular flexibility index (Phi) is 5.14. The molecule has 102 valence electrons. The van der Waals surface area contributed by atoms with Gasteiger partial charge in [-0.15, -0.1) is 0 Å². The molecule has 18 heavy (non-hydrogen) atoms. The van der Waals surface area contributed by atoms with E-state index in [0.717, 1.165) is 19.0 Å². The predicted molar refractivity (Wildman–Crippen MR) is 65.3 cm³/mol. The average molecular weight is 260 g/mol. The SMILES string of the molecule is CCCN[C@H](C)c1ccc(C(F)(F)F)c(CC)n1. The number of hydrogen-bond donors (Lipinski definition) is 1. The monoisotopic (exact) mass is 260 g/mol. The lowest BCUT2D eigenvalue weighted by molar-refractivity contribution is -0.138. The Morgan fingerprint density at radius 3 is 2.44 bits per heavy atom. The largest absolute Gasteiger partial charge is 0.418 e. The van der Waals surface area contributed by atoms with Crippen LogP contribution in [0.15, 0.2) is 12.1 Å². The molecular weight excluding hydrogens is 241 g/mol. The lowest BCUT2D eigenvalue weighted by Crippen LogP contribution is -2.21. The number of nitrogens with one attached hydrogen (secondary N) is 1. The molecule has 0 bridgehead atoms. The summed E-state index contributed by atoms with van der Waals surface area (Å²) in [5.41, 5.74) is 0.148. The maximum atomic E-state index is 12.7. The second-order valence-corrected chi connectivity index (χ2v) is 4.26. The standard InChI is InChI=1S/C13H19F3N2/c1-4-8-17-9(3)12-7-6-10(13(14,15)16)11(5-2)18-12/h6-7,9,17H,4-5,8H2,1-3H3/t9-/m1/s1. The molecule has 5 heteroatoms. The van der Waals surface area contributed by atoms with Crippen LogP contribution in [0.25, 0.3) is 0 Å². The zero-order chi connectivity index (χ0) is 13.8. The van der Waals surface area contributed by atoms with Gasteiger partial charge >= 0.3 is 6.18 Å². The van der Waals surface area contributed by atoms with Gasteiger partial charge in [-0.25, -0.2) is 0 Å². The van der Waals surface area contributed by atoms with Gasteiger partial charge in [0.2, 0.25) is 0 Å². The molecule has 0 aliphatic rings. The van der Waals surface area contributed by atoms with Gasteiger partial charge in [0.1, 0.15) is 0 Å². The van der Waals surface area contributed by atoms with Crippen LogP contribution in [0.2, 0.25) is 0 Å². The average Bonchev–Trinajstić information content (AvgIpc) is 2.33. The van der Waals surface area contributed by atoms with E-state index in [9.17, 15) is 13.2 Å². The van der Waals surface area contributed by atoms with E-state index in [-0.39, 0.29) is 18.2 Å². The highest BCUT2D eigenvalue weighted by Crippen LogP contribution is 2.32. The predicted octanol–water partition coefficient (Wildman–Crippen LogP) is 3.72. The van der Waals surface area contributed by atoms with E-state index >= 15 is 0 Å². The molecule has 0 saturated carbocycles. The lowest BCUT2D eigenvalue weighted by atomic mass is 10.1. The number of aryl methyl sites for hydroxylation is 1. The van der Waals surface area contributed by atoms with Crippen molar-refractivity contribution < 1.29 is 13.2 Å². The summed E-state index contributed by atoms with van der Waals surface area (Å²) in [6.45, 7) is 6.46. The number of nitrogens with zero attached hydrogens (tertiary/aromatic N) is 1. The van der Waals surface area contributed by atoms with E-state index in [1.165, 1.54) is 6.07 Å². The number of pyridine rings is 1. The molecule has 1 aromatic heterocycles. The second-order valence-electron chi connectivity index (χ2n) is 4.26. The molecule has 0 saturated heterocycles. The van der Waals surface area contributed by atoms with Crippen molar-refractivity contribution in [2.24, 2.45) is 0 Å². The van der Waals surface area contributed by atoms with Crippen molar-refractivity contribution in [2.75, 3.05) is 6.54 Å². The van der Waals surface area contributed by atoms with Crippen LogP contribution in [0.3, 0.4) is 0 Å². The third-order valence-corrected chi connectivity index (χ3v) is 2.78. The molecule has 0 aromatic carbocycles. The maximum absolute atomic E-state index is 12.7. The zero-order valence-corrected chi connectivity index (χ0v) is 10.9. The zero-order valence-electron chi connectivity index (χ0n) is 10.9. The summed E-state index contributed by atoms with van der Waals surface area (Å²) >= 11 is 0. The summed E-state index contributed by atoms with van der Waals surface area (Å²) < 4.78 is 38.1. The topological polar surface area (TPSA) is 24.9 Å². The molecule has 1 N–H and O–H groups in total. The first-order chi connectivity index (χ1) is 8.40. The van der Waals surface area contributed by atoms with Gasteiger partial charge < -0.3 is 5.32 Å². The van der Waals surface area contributed by atoms with Crippen molar-refractivity contribution >= 4 is 0 Å². The molecule has 0 amide bonds. The summed E-state index contributed by atoms with van der Waals surface area (Å²) in [6, 6.07) is 2.55. The number of aromatic nitrogens is 1. The molecular formula is C13H19F3N2. The Morgan fingerprint density at radius 2 is 1.94 bits per heavy atom. The second kappa shape index (κ2) is 6.18. The smallest absolute Gasteiger partial charge is 0.309 e. The lowest BCUT2D eigenvalue weighted by Gasteiger charge is -2.16. The summed E-state index contributed by atoms with van der Waals surface area (Å²) in [4.78, 5) is 4.13. The minimum atomic E-state index is -4.32. The van der Waals surface area contributed by atoms with Crippen molar-refractivity contribution in [3.05, 3.63) is 29.1 Å². The van der Waals surface area contributed by atoms with Crippen molar-refractivity contribution in [3.63, 3.8) is 0 Å². The molecule has 0 radical (unpaired) electrons. The molecule has 1 aromatic rings. The quantitative estimate of drug-likeness (QED) is 0.872. The van der Waals surface area contributed by atoms with Gasteiger partial charge in [0.15, 0.2) is 0 Å². The van der Waals surface area contributed by atoms with Gasteiger partial charge in [0.25, 0.3) is 0 Å². The highest BCUT2D eigenvalue weighted by Gasteiger charge is 2.33. The number of rotatable bonds is 5. The Hall–Kier alpha value is -1.10. The van der Waals surface area contributed by atoms with Crippen LogP contribution in [-0.4, -0.2) is 11.5 Å². The molecule has 1 heterocycles. The molecule has 0 aliphatic heterocycles. The molecule has 0 unspecified atom stereocenters. The van der Waals surface area contributed by atoms with E-state index in [4.69, 9.17) is 0 Å². The number of hydrogen-bond acceptors (Lipinski definition) is 2. The van der Waals surface area contributed by atoms with Gasteiger partial charge in [-0.05, 0) is 38.4 Å². The first-order valence-electron chi connectivity index (χ1n) is 6.20. The van der Waals surface area contributed by atoms with Crippen LogP contribution in [0.1, 0.15) is 50.2 Å². The van der Waals surface area contributed by atoms with Gasteiger partial charge in [0.05, 0.1) is 17.0 Å². The van der Waals surface area contributed by atoms with Crippen LogP contribution in [0.4, 0.5) is 13.2 Å². The normalized spacial score (nSPS) is 13.7. The van der Waals surface area contributed by atoms with E-state index < -0.39 is 11.7 Å². The Balaban J connectivity index is 2.98. The minimum Gasteiger partial charge on any atom is -0.309 e. The van der Waals surface area contributed by atoms with E-state index in [2.05, 4.69) is 10.3 Å². The van der Waals surface area contributed by atoms with E-state index in [0.29, 0.717) is 5.69 Å². The fraction of sp³-hybridized carbons (Fsp3) is 0.615. The number of halogens is 3. The first-order valence-corrected chi connectivity index (χ1v) is 6.20. The van der Waals surface area contributed by atoms with Crippen LogP contribution < -0.4 is 5.32 Å². The molecule has 0 aliphatic carbocycles. The van der Waals surface area contributed by atoms with Crippen LogP contribution in [0.5, 0.6) is 0 Å². The van der Waals surface area contributed by atoms with Crippen molar-refractivity contribution in [3.8, 4) is 0 Å². The Labute approximate surface area is 106 Å². The van der Waals surface area contributed by atoms with E-state index in [1.807, 2.05) is 13.8 Å². The maximum Gasteiger partial charge on any atom is 0.418 e. The van der Waals surface area contributed by atoms with Crippen molar-refractivity contribution in [2.45, 2.75) is 45.8 Å². The molecule has 0 fully saturated rings. The highest BCUT2D eigenvalue weighted by molar-refractivity contribution is 5.27. The van der Waals surface area contributed by atoms with Gasteiger partial charge in [-0.3, -0.25) is 4.98 Å². The minimum absolute atomic E-state index is 0.0301. The number of alkyl halides is 3. The first kappa shape index (κ1) is 15.0. The fourth-order valence-corrected chi connectivity index (χ4v) is 1.75. The third kappa shape index (κ3) is 3.70. The summed E-state index contributed by atoms with van der Waals surface area (Å²) in [6.07, 6.45) is -3.06. The summed E-state index contributed by atoms with van der Waals surface area (Å²) in [5.74, 6) is 0. The van der Waals surface area contributed by atoms with E-state index in [1.54, 1.807) is 6.92 Å². The Bertz CT molecular complexity index is 388. The van der Waals surface area contributed by atoms with Gasteiger partial charge in [0, 0.05) is 6.04 Å². The molecule has 1 rings (SSSR count). The molecule has 2 nitrogen and oxygen atoms in total. The van der Waals surface area contributed by atoms with Crippen LogP contribution in [0, 0.1) is 0 Å². The van der Waals surface area contributed by atoms with Crippen molar-refractivity contribution in [1.29, 1.82) is 0 Å².